The highest BCUT2D eigenvalue weighted by Crippen LogP contribution is 2.30. The summed E-state index contributed by atoms with van der Waals surface area (Å²) in [4.78, 5) is 21.6. The zero-order valence-corrected chi connectivity index (χ0v) is 12.0. The number of rotatable bonds is 6. The van der Waals surface area contributed by atoms with Gasteiger partial charge >= 0.3 is 0 Å². The Morgan fingerprint density at radius 2 is 1.89 bits per heavy atom. The SMILES string of the molecule is CC(C)C(C=O)C(C[N+](=O)[O-])c1ccc(Br)cc1. The number of aldehydes is 1. The van der Waals surface area contributed by atoms with Gasteiger partial charge < -0.3 is 4.79 Å². The normalized spacial score (nSPS) is 14.2. The molecule has 2 atom stereocenters. The molecule has 0 spiro atoms. The summed E-state index contributed by atoms with van der Waals surface area (Å²) in [7, 11) is 0. The molecule has 0 radical (unpaired) electrons. The molecule has 98 valence electrons. The first-order chi connectivity index (χ1) is 8.45. The molecular formula is C13H16BrNO3. The van der Waals surface area contributed by atoms with E-state index >= 15 is 0 Å². The third-order valence-corrected chi connectivity index (χ3v) is 3.56. The van der Waals surface area contributed by atoms with Gasteiger partial charge in [-0.1, -0.05) is 41.9 Å². The summed E-state index contributed by atoms with van der Waals surface area (Å²) in [6.45, 7) is 3.60. The summed E-state index contributed by atoms with van der Waals surface area (Å²) in [5, 5.41) is 10.8. The predicted molar refractivity (Wildman–Crippen MR) is 73.1 cm³/mol. The molecule has 1 aromatic rings. The Morgan fingerprint density at radius 1 is 1.33 bits per heavy atom. The molecule has 0 aliphatic carbocycles. The van der Waals surface area contributed by atoms with Gasteiger partial charge in [-0.15, -0.1) is 0 Å². The topological polar surface area (TPSA) is 60.2 Å². The maximum atomic E-state index is 11.2. The van der Waals surface area contributed by atoms with Gasteiger partial charge in [0.15, 0.2) is 0 Å². The second-order valence-corrected chi connectivity index (χ2v) is 5.55. The average molecular weight is 314 g/mol. The van der Waals surface area contributed by atoms with Gasteiger partial charge in [-0.25, -0.2) is 0 Å². The van der Waals surface area contributed by atoms with E-state index in [1.807, 2.05) is 38.1 Å². The summed E-state index contributed by atoms with van der Waals surface area (Å²) >= 11 is 3.33. The fraction of sp³-hybridized carbons (Fsp3) is 0.462. The van der Waals surface area contributed by atoms with Crippen molar-refractivity contribution in [3.8, 4) is 0 Å². The van der Waals surface area contributed by atoms with Gasteiger partial charge in [0.05, 0.1) is 5.92 Å². The first-order valence-corrected chi connectivity index (χ1v) is 6.57. The number of nitrogens with zero attached hydrogens (tertiary/aromatic N) is 1. The average Bonchev–Trinajstić information content (AvgIpc) is 2.28. The smallest absolute Gasteiger partial charge is 0.211 e. The van der Waals surface area contributed by atoms with E-state index in [4.69, 9.17) is 0 Å². The van der Waals surface area contributed by atoms with Crippen molar-refractivity contribution < 1.29 is 9.72 Å². The summed E-state index contributed by atoms with van der Waals surface area (Å²) in [6, 6.07) is 7.34. The fourth-order valence-corrected chi connectivity index (χ4v) is 2.30. The molecular weight excluding hydrogens is 298 g/mol. The molecule has 0 fully saturated rings. The number of hydrogen-bond donors (Lipinski definition) is 0. The molecule has 0 heterocycles. The van der Waals surface area contributed by atoms with Gasteiger partial charge in [0.1, 0.15) is 6.29 Å². The van der Waals surface area contributed by atoms with Crippen molar-refractivity contribution in [2.24, 2.45) is 11.8 Å². The van der Waals surface area contributed by atoms with Crippen LogP contribution in [0.4, 0.5) is 0 Å². The third-order valence-electron chi connectivity index (χ3n) is 3.04. The summed E-state index contributed by atoms with van der Waals surface area (Å²) < 4.78 is 0.915. The second-order valence-electron chi connectivity index (χ2n) is 4.63. The van der Waals surface area contributed by atoms with Crippen molar-refractivity contribution in [3.05, 3.63) is 44.4 Å². The van der Waals surface area contributed by atoms with Crippen LogP contribution in [0, 0.1) is 22.0 Å². The number of nitro groups is 1. The van der Waals surface area contributed by atoms with Crippen molar-refractivity contribution in [1.82, 2.24) is 0 Å². The van der Waals surface area contributed by atoms with E-state index in [2.05, 4.69) is 15.9 Å². The molecule has 0 N–H and O–H groups in total. The molecule has 4 nitrogen and oxygen atoms in total. The maximum absolute atomic E-state index is 11.2. The molecule has 0 aliphatic heterocycles. The molecule has 1 rings (SSSR count). The first kappa shape index (κ1) is 14.8. The van der Waals surface area contributed by atoms with Crippen LogP contribution in [-0.2, 0) is 4.79 Å². The van der Waals surface area contributed by atoms with Crippen LogP contribution in [0.1, 0.15) is 25.3 Å². The minimum Gasteiger partial charge on any atom is -0.303 e. The van der Waals surface area contributed by atoms with Crippen molar-refractivity contribution in [2.45, 2.75) is 19.8 Å². The number of carbonyl (C=O) groups is 1. The van der Waals surface area contributed by atoms with E-state index in [-0.39, 0.29) is 29.2 Å². The Labute approximate surface area is 115 Å². The zero-order valence-electron chi connectivity index (χ0n) is 10.4. The Morgan fingerprint density at radius 3 is 2.28 bits per heavy atom. The van der Waals surface area contributed by atoms with E-state index in [9.17, 15) is 14.9 Å². The minimum absolute atomic E-state index is 0.0797. The van der Waals surface area contributed by atoms with Gasteiger partial charge in [0.2, 0.25) is 6.54 Å². The van der Waals surface area contributed by atoms with Gasteiger partial charge in [0, 0.05) is 15.3 Å². The van der Waals surface area contributed by atoms with E-state index in [1.54, 1.807) is 0 Å². The first-order valence-electron chi connectivity index (χ1n) is 5.78. The highest BCUT2D eigenvalue weighted by atomic mass is 79.9. The molecule has 2 unspecified atom stereocenters. The maximum Gasteiger partial charge on any atom is 0.211 e. The van der Waals surface area contributed by atoms with Crippen molar-refractivity contribution in [3.63, 3.8) is 0 Å². The lowest BCUT2D eigenvalue weighted by Gasteiger charge is -2.23. The lowest BCUT2D eigenvalue weighted by molar-refractivity contribution is -0.484. The Balaban J connectivity index is 3.07. The largest absolute Gasteiger partial charge is 0.303 e. The third kappa shape index (κ3) is 3.91. The molecule has 0 amide bonds. The van der Waals surface area contributed by atoms with Crippen LogP contribution in [0.2, 0.25) is 0 Å². The van der Waals surface area contributed by atoms with Crippen LogP contribution in [0.3, 0.4) is 0 Å². The Kier molecular flexibility index (Phi) is 5.47. The van der Waals surface area contributed by atoms with Crippen LogP contribution < -0.4 is 0 Å². The van der Waals surface area contributed by atoms with Crippen molar-refractivity contribution in [2.75, 3.05) is 6.54 Å². The van der Waals surface area contributed by atoms with Crippen LogP contribution in [0.15, 0.2) is 28.7 Å². The fourth-order valence-electron chi connectivity index (χ4n) is 2.04. The van der Waals surface area contributed by atoms with E-state index < -0.39 is 0 Å². The Bertz CT molecular complexity index is 417. The minimum atomic E-state index is -0.370. The van der Waals surface area contributed by atoms with Crippen LogP contribution in [0.25, 0.3) is 0 Å². The van der Waals surface area contributed by atoms with Crippen LogP contribution >= 0.6 is 15.9 Å². The van der Waals surface area contributed by atoms with E-state index in [1.165, 1.54) is 0 Å². The Hall–Kier alpha value is -1.23. The number of halogens is 1. The monoisotopic (exact) mass is 313 g/mol. The van der Waals surface area contributed by atoms with Crippen molar-refractivity contribution in [1.29, 1.82) is 0 Å². The van der Waals surface area contributed by atoms with E-state index in [0.717, 1.165) is 16.3 Å². The second kappa shape index (κ2) is 6.64. The quantitative estimate of drug-likeness (QED) is 0.460. The number of carbonyl (C=O) groups excluding carboxylic acids is 1. The summed E-state index contributed by atoms with van der Waals surface area (Å²) in [6.07, 6.45) is 0.834. The molecule has 0 aromatic heterocycles. The molecule has 0 aliphatic rings. The molecule has 0 bridgehead atoms. The lowest BCUT2D eigenvalue weighted by Crippen LogP contribution is -2.26. The molecule has 1 aromatic carbocycles. The summed E-state index contributed by atoms with van der Waals surface area (Å²) in [5.74, 6) is -0.627. The van der Waals surface area contributed by atoms with Crippen LogP contribution in [0.5, 0.6) is 0 Å². The molecule has 0 saturated heterocycles. The molecule has 0 saturated carbocycles. The lowest BCUT2D eigenvalue weighted by atomic mass is 9.80. The van der Waals surface area contributed by atoms with Gasteiger partial charge in [-0.2, -0.15) is 0 Å². The van der Waals surface area contributed by atoms with Gasteiger partial charge in [-0.3, -0.25) is 10.1 Å². The predicted octanol–water partition coefficient (Wildman–Crippen LogP) is 3.28. The highest BCUT2D eigenvalue weighted by Gasteiger charge is 2.29. The highest BCUT2D eigenvalue weighted by molar-refractivity contribution is 9.10. The molecule has 18 heavy (non-hydrogen) atoms. The van der Waals surface area contributed by atoms with Gasteiger partial charge in [-0.05, 0) is 23.6 Å². The van der Waals surface area contributed by atoms with Gasteiger partial charge in [0.25, 0.3) is 0 Å². The number of benzene rings is 1. The zero-order chi connectivity index (χ0) is 13.7. The van der Waals surface area contributed by atoms with Crippen LogP contribution in [-0.4, -0.2) is 17.8 Å². The number of hydrogen-bond acceptors (Lipinski definition) is 3. The molecule has 5 heteroatoms. The van der Waals surface area contributed by atoms with E-state index in [0.29, 0.717) is 0 Å². The summed E-state index contributed by atoms with van der Waals surface area (Å²) in [5.41, 5.74) is 0.834. The van der Waals surface area contributed by atoms with Crippen molar-refractivity contribution >= 4 is 22.2 Å². The standard InChI is InChI=1S/C13H16BrNO3/c1-9(2)13(8-16)12(7-15(17)18)10-3-5-11(14)6-4-10/h3-6,8-9,12-13H,7H2,1-2H3.